The van der Waals surface area contributed by atoms with Crippen LogP contribution >= 0.6 is 0 Å². The van der Waals surface area contributed by atoms with E-state index in [-0.39, 0.29) is 0 Å². The molecule has 6 nitrogen and oxygen atoms in total. The van der Waals surface area contributed by atoms with Gasteiger partial charge in [-0.2, -0.15) is 13.2 Å². The second-order valence-corrected chi connectivity index (χ2v) is 7.12. The van der Waals surface area contributed by atoms with E-state index in [1.165, 1.54) is 11.9 Å². The zero-order valence-corrected chi connectivity index (χ0v) is 17.5. The number of anilines is 1. The number of benzene rings is 1. The number of hydrogen-bond donors (Lipinski definition) is 1. The molecule has 0 radical (unpaired) electrons. The monoisotopic (exact) mass is 415 g/mol. The second kappa shape index (κ2) is 11.1. The molecule has 0 aromatic heterocycles. The zero-order chi connectivity index (χ0) is 21.3. The van der Waals surface area contributed by atoms with Crippen molar-refractivity contribution in [3.63, 3.8) is 0 Å². The molecule has 1 aromatic rings. The molecule has 0 amide bonds. The third kappa shape index (κ3) is 8.00. The number of alkyl halides is 3. The minimum absolute atomic E-state index is 0.367. The topological polar surface area (TPSA) is 43.3 Å². The van der Waals surface area contributed by atoms with Gasteiger partial charge in [-0.25, -0.2) is 0 Å². The van der Waals surface area contributed by atoms with Crippen molar-refractivity contribution >= 4 is 11.6 Å². The molecular weight excluding hydrogens is 383 g/mol. The van der Waals surface area contributed by atoms with Crippen LogP contribution in [0.25, 0.3) is 0 Å². The first-order chi connectivity index (χ1) is 13.8. The van der Waals surface area contributed by atoms with E-state index < -0.39 is 12.7 Å². The average molecular weight is 416 g/mol. The lowest BCUT2D eigenvalue weighted by molar-refractivity contribution is -0.143. The highest BCUT2D eigenvalue weighted by atomic mass is 19.4. The van der Waals surface area contributed by atoms with Gasteiger partial charge < -0.3 is 19.9 Å². The summed E-state index contributed by atoms with van der Waals surface area (Å²) in [5.74, 6) is 1.67. The first-order valence-corrected chi connectivity index (χ1v) is 10.00. The van der Waals surface area contributed by atoms with E-state index in [0.29, 0.717) is 19.5 Å². The summed E-state index contributed by atoms with van der Waals surface area (Å²) in [4.78, 5) is 10.4. The van der Waals surface area contributed by atoms with E-state index in [2.05, 4.69) is 26.2 Å². The molecule has 1 saturated heterocycles. The number of nitrogens with zero attached hydrogens (tertiary/aromatic N) is 4. The van der Waals surface area contributed by atoms with Crippen LogP contribution in [0, 0.1) is 0 Å². The normalized spacial score (nSPS) is 15.8. The van der Waals surface area contributed by atoms with Gasteiger partial charge in [0.1, 0.15) is 5.75 Å². The van der Waals surface area contributed by atoms with Crippen LogP contribution in [0.4, 0.5) is 18.9 Å². The van der Waals surface area contributed by atoms with Gasteiger partial charge in [-0.05, 0) is 39.1 Å². The molecule has 0 saturated carbocycles. The standard InChI is InChI=1S/C20H32F3N5O/c1-4-24-19(25-9-6-10-26(2)16-20(21,22)23)28-13-11-27(12-14-28)17-7-5-8-18(15-17)29-3/h5,7-8,15H,4,6,9-14,16H2,1-3H3,(H,24,25). The summed E-state index contributed by atoms with van der Waals surface area (Å²) >= 11 is 0. The molecule has 0 unspecified atom stereocenters. The van der Waals surface area contributed by atoms with Crippen molar-refractivity contribution < 1.29 is 17.9 Å². The van der Waals surface area contributed by atoms with Crippen LogP contribution in [0.3, 0.4) is 0 Å². The van der Waals surface area contributed by atoms with E-state index in [1.807, 2.05) is 25.1 Å². The van der Waals surface area contributed by atoms with E-state index in [0.717, 1.165) is 50.1 Å². The maximum absolute atomic E-state index is 12.4. The van der Waals surface area contributed by atoms with Crippen molar-refractivity contribution in [2.24, 2.45) is 4.99 Å². The molecular formula is C20H32F3N5O. The van der Waals surface area contributed by atoms with Crippen LogP contribution in [0.15, 0.2) is 29.3 Å². The van der Waals surface area contributed by atoms with Crippen molar-refractivity contribution in [1.29, 1.82) is 0 Å². The highest BCUT2D eigenvalue weighted by molar-refractivity contribution is 5.80. The fraction of sp³-hybridized carbons (Fsp3) is 0.650. The number of methoxy groups -OCH3 is 1. The highest BCUT2D eigenvalue weighted by Crippen LogP contribution is 2.22. The van der Waals surface area contributed by atoms with Crippen LogP contribution < -0.4 is 15.0 Å². The molecule has 0 atom stereocenters. The maximum atomic E-state index is 12.4. The molecule has 2 rings (SSSR count). The molecule has 29 heavy (non-hydrogen) atoms. The molecule has 1 aliphatic rings. The summed E-state index contributed by atoms with van der Waals surface area (Å²) in [6.45, 7) is 6.14. The summed E-state index contributed by atoms with van der Waals surface area (Å²) in [5.41, 5.74) is 1.14. The maximum Gasteiger partial charge on any atom is 0.401 e. The van der Waals surface area contributed by atoms with Crippen molar-refractivity contribution in [3.8, 4) is 5.75 Å². The first-order valence-electron chi connectivity index (χ1n) is 10.00. The number of guanidine groups is 1. The van der Waals surface area contributed by atoms with Crippen LogP contribution in [-0.4, -0.2) is 88.5 Å². The number of piperazine rings is 1. The van der Waals surface area contributed by atoms with Gasteiger partial charge in [-0.3, -0.25) is 9.89 Å². The average Bonchev–Trinajstić information content (AvgIpc) is 2.69. The number of halogens is 3. The number of ether oxygens (including phenoxy) is 1. The Morgan fingerprint density at radius 2 is 1.97 bits per heavy atom. The van der Waals surface area contributed by atoms with Crippen molar-refractivity contribution in [3.05, 3.63) is 24.3 Å². The molecule has 0 bridgehead atoms. The fourth-order valence-corrected chi connectivity index (χ4v) is 3.32. The van der Waals surface area contributed by atoms with E-state index in [1.54, 1.807) is 7.11 Å². The minimum atomic E-state index is -4.16. The third-order valence-electron chi connectivity index (χ3n) is 4.74. The van der Waals surface area contributed by atoms with Gasteiger partial charge >= 0.3 is 6.18 Å². The van der Waals surface area contributed by atoms with Gasteiger partial charge in [0, 0.05) is 51.0 Å². The van der Waals surface area contributed by atoms with Gasteiger partial charge in [-0.1, -0.05) is 6.07 Å². The Bertz CT molecular complexity index is 645. The van der Waals surface area contributed by atoms with Crippen molar-refractivity contribution in [1.82, 2.24) is 15.1 Å². The highest BCUT2D eigenvalue weighted by Gasteiger charge is 2.28. The minimum Gasteiger partial charge on any atom is -0.497 e. The second-order valence-electron chi connectivity index (χ2n) is 7.12. The summed E-state index contributed by atoms with van der Waals surface area (Å²) in [5, 5.41) is 3.30. The van der Waals surface area contributed by atoms with Gasteiger partial charge in [0.05, 0.1) is 13.7 Å². The molecule has 9 heteroatoms. The largest absolute Gasteiger partial charge is 0.497 e. The van der Waals surface area contributed by atoms with Gasteiger partial charge in [0.15, 0.2) is 5.96 Å². The Morgan fingerprint density at radius 1 is 1.24 bits per heavy atom. The van der Waals surface area contributed by atoms with Crippen LogP contribution in [0.5, 0.6) is 5.75 Å². The van der Waals surface area contributed by atoms with Gasteiger partial charge in [0.2, 0.25) is 0 Å². The number of nitrogens with one attached hydrogen (secondary N) is 1. The Hall–Kier alpha value is -2.16. The Balaban J connectivity index is 1.84. The molecule has 1 heterocycles. The third-order valence-corrected chi connectivity index (χ3v) is 4.74. The number of rotatable bonds is 8. The zero-order valence-electron chi connectivity index (χ0n) is 17.5. The van der Waals surface area contributed by atoms with E-state index in [4.69, 9.17) is 4.74 Å². The summed E-state index contributed by atoms with van der Waals surface area (Å²) in [6.07, 6.45) is -3.57. The SMILES string of the molecule is CCNC(=NCCCN(C)CC(F)(F)F)N1CCN(c2cccc(OC)c2)CC1. The number of hydrogen-bond acceptors (Lipinski definition) is 4. The lowest BCUT2D eigenvalue weighted by Crippen LogP contribution is -2.52. The molecule has 0 aliphatic carbocycles. The summed E-state index contributed by atoms with van der Waals surface area (Å²) in [7, 11) is 3.15. The van der Waals surface area contributed by atoms with Gasteiger partial charge in [0.25, 0.3) is 0 Å². The lowest BCUT2D eigenvalue weighted by Gasteiger charge is -2.37. The summed E-state index contributed by atoms with van der Waals surface area (Å²) in [6, 6.07) is 8.03. The molecule has 1 aliphatic heterocycles. The Labute approximate surface area is 171 Å². The van der Waals surface area contributed by atoms with E-state index in [9.17, 15) is 13.2 Å². The molecule has 1 N–H and O–H groups in total. The number of aliphatic imine (C=N–C) groups is 1. The fourth-order valence-electron chi connectivity index (χ4n) is 3.32. The van der Waals surface area contributed by atoms with Crippen LogP contribution in [-0.2, 0) is 0 Å². The predicted molar refractivity (Wildman–Crippen MR) is 111 cm³/mol. The molecule has 1 aromatic carbocycles. The Morgan fingerprint density at radius 3 is 2.59 bits per heavy atom. The lowest BCUT2D eigenvalue weighted by atomic mass is 10.2. The van der Waals surface area contributed by atoms with Crippen LogP contribution in [0.2, 0.25) is 0 Å². The summed E-state index contributed by atoms with van der Waals surface area (Å²) < 4.78 is 42.5. The predicted octanol–water partition coefficient (Wildman–Crippen LogP) is 2.67. The Kier molecular flexibility index (Phi) is 8.88. The first kappa shape index (κ1) is 23.1. The van der Waals surface area contributed by atoms with Crippen molar-refractivity contribution in [2.75, 3.05) is 71.4 Å². The molecule has 164 valence electrons. The van der Waals surface area contributed by atoms with Crippen molar-refractivity contribution in [2.45, 2.75) is 19.5 Å². The van der Waals surface area contributed by atoms with Gasteiger partial charge in [-0.15, -0.1) is 0 Å². The van der Waals surface area contributed by atoms with Crippen LogP contribution in [0.1, 0.15) is 13.3 Å². The molecule has 1 fully saturated rings. The smallest absolute Gasteiger partial charge is 0.401 e. The quantitative estimate of drug-likeness (QED) is 0.402. The van der Waals surface area contributed by atoms with E-state index >= 15 is 0 Å². The molecule has 0 spiro atoms.